The molecule has 0 aromatic rings. The molecule has 0 fully saturated rings. The Bertz CT molecular complexity index is 521. The van der Waals surface area contributed by atoms with Crippen LogP contribution in [0.25, 0.3) is 0 Å². The fraction of sp³-hybridized carbons (Fsp3) is 0.840. The fourth-order valence-electron chi connectivity index (χ4n) is 2.94. The second-order valence-electron chi connectivity index (χ2n) is 6.91. The van der Waals surface area contributed by atoms with Crippen molar-refractivity contribution in [2.45, 2.75) is 94.0 Å². The monoisotopic (exact) mass is 490 g/mol. The van der Waals surface area contributed by atoms with E-state index in [9.17, 15) is 19.2 Å². The van der Waals surface area contributed by atoms with E-state index in [0.29, 0.717) is 6.42 Å². The van der Waals surface area contributed by atoms with Crippen molar-refractivity contribution in [2.24, 2.45) is 0 Å². The summed E-state index contributed by atoms with van der Waals surface area (Å²) in [7, 11) is 0. The van der Waals surface area contributed by atoms with Crippen LogP contribution in [0.4, 0.5) is 0 Å². The summed E-state index contributed by atoms with van der Waals surface area (Å²) in [5.74, 6) is -1.59. The summed E-state index contributed by atoms with van der Waals surface area (Å²) < 4.78 is 15.0. The van der Waals surface area contributed by atoms with Crippen LogP contribution in [0, 0.1) is 0 Å². The highest BCUT2D eigenvalue weighted by Gasteiger charge is 2.26. The fourth-order valence-corrected chi connectivity index (χ4v) is 2.94. The Morgan fingerprint density at radius 1 is 0.676 bits per heavy atom. The van der Waals surface area contributed by atoms with E-state index in [2.05, 4.69) is 0 Å². The molecule has 0 radical (unpaired) electrons. The zero-order valence-electron chi connectivity index (χ0n) is 23.1. The number of ether oxygens (including phenoxy) is 3. The molecule has 0 aromatic heterocycles. The molecule has 0 rings (SSSR count). The van der Waals surface area contributed by atoms with E-state index in [-0.39, 0.29) is 51.9 Å². The van der Waals surface area contributed by atoms with Crippen molar-refractivity contribution in [3.8, 4) is 0 Å². The number of carbonyl (C=O) groups excluding carboxylic acids is 4. The lowest BCUT2D eigenvalue weighted by atomic mass is 10.1. The summed E-state index contributed by atoms with van der Waals surface area (Å²) in [6.45, 7) is 17.4. The SMILES string of the molecule is CC.CC.CCCCCC(=O)N(CC(=O)OCC)C(C)CN(CC(=O)OCC)CC(=O)OCC. The Morgan fingerprint density at radius 2 is 1.09 bits per heavy atom. The van der Waals surface area contributed by atoms with Crippen molar-refractivity contribution in [1.29, 1.82) is 0 Å². The molecule has 0 heterocycles. The highest BCUT2D eigenvalue weighted by Crippen LogP contribution is 2.10. The summed E-state index contributed by atoms with van der Waals surface area (Å²) in [5, 5.41) is 0. The first-order chi connectivity index (χ1) is 16.3. The van der Waals surface area contributed by atoms with Crippen LogP contribution in [0.2, 0.25) is 0 Å². The Labute approximate surface area is 207 Å². The van der Waals surface area contributed by atoms with Gasteiger partial charge >= 0.3 is 17.9 Å². The number of carbonyl (C=O) groups is 4. The first-order valence-electron chi connectivity index (χ1n) is 12.8. The molecule has 0 saturated heterocycles. The van der Waals surface area contributed by atoms with Gasteiger partial charge in [-0.1, -0.05) is 47.5 Å². The van der Waals surface area contributed by atoms with Gasteiger partial charge in [0, 0.05) is 19.0 Å². The highest BCUT2D eigenvalue weighted by molar-refractivity contribution is 5.82. The number of amides is 1. The lowest BCUT2D eigenvalue weighted by molar-refractivity contribution is -0.152. The van der Waals surface area contributed by atoms with Crippen LogP contribution in [0.5, 0.6) is 0 Å². The summed E-state index contributed by atoms with van der Waals surface area (Å²) >= 11 is 0. The molecule has 9 nitrogen and oxygen atoms in total. The largest absolute Gasteiger partial charge is 0.465 e. The van der Waals surface area contributed by atoms with E-state index in [1.54, 1.807) is 32.6 Å². The van der Waals surface area contributed by atoms with Crippen LogP contribution in [-0.4, -0.2) is 85.7 Å². The standard InChI is InChI=1S/C21H38N2O7.2C2H6/c1-6-10-11-12-18(24)23(16-21(27)30-9-4)17(5)13-22(14-19(25)28-7-2)15-20(26)29-8-3;2*1-2/h17H,6-16H2,1-5H3;2*1-2H3. The molecule has 0 aromatic carbocycles. The molecule has 0 spiro atoms. The number of nitrogens with zero attached hydrogens (tertiary/aromatic N) is 2. The molecule has 202 valence electrons. The zero-order valence-corrected chi connectivity index (χ0v) is 23.1. The van der Waals surface area contributed by atoms with Crippen LogP contribution >= 0.6 is 0 Å². The lowest BCUT2D eigenvalue weighted by Crippen LogP contribution is -2.49. The van der Waals surface area contributed by atoms with Gasteiger partial charge in [-0.2, -0.15) is 0 Å². The maximum atomic E-state index is 12.7. The number of esters is 3. The second-order valence-corrected chi connectivity index (χ2v) is 6.91. The van der Waals surface area contributed by atoms with Crippen molar-refractivity contribution in [3.63, 3.8) is 0 Å². The van der Waals surface area contributed by atoms with Crippen molar-refractivity contribution in [3.05, 3.63) is 0 Å². The van der Waals surface area contributed by atoms with Gasteiger partial charge in [0.05, 0.1) is 32.9 Å². The Balaban J connectivity index is -0.00000227. The van der Waals surface area contributed by atoms with Gasteiger partial charge in [-0.05, 0) is 34.1 Å². The summed E-state index contributed by atoms with van der Waals surface area (Å²) in [6.07, 6.45) is 2.96. The third-order valence-electron chi connectivity index (χ3n) is 4.29. The molecule has 1 amide bonds. The zero-order chi connectivity index (χ0) is 26.9. The maximum Gasteiger partial charge on any atom is 0.325 e. The van der Waals surface area contributed by atoms with Crippen molar-refractivity contribution < 1.29 is 33.4 Å². The van der Waals surface area contributed by atoms with Crippen LogP contribution in [-0.2, 0) is 33.4 Å². The molecule has 0 aliphatic heterocycles. The molecular formula is C25H50N2O7. The normalized spacial score (nSPS) is 10.6. The van der Waals surface area contributed by atoms with Crippen LogP contribution < -0.4 is 0 Å². The minimum absolute atomic E-state index is 0.117. The molecule has 0 aliphatic rings. The van der Waals surface area contributed by atoms with Gasteiger partial charge in [0.25, 0.3) is 0 Å². The van der Waals surface area contributed by atoms with Crippen molar-refractivity contribution >= 4 is 23.8 Å². The molecule has 1 atom stereocenters. The Morgan fingerprint density at radius 3 is 1.47 bits per heavy atom. The van der Waals surface area contributed by atoms with E-state index in [0.717, 1.165) is 19.3 Å². The average Bonchev–Trinajstić information content (AvgIpc) is 2.80. The summed E-state index contributed by atoms with van der Waals surface area (Å²) in [5.41, 5.74) is 0. The van der Waals surface area contributed by atoms with E-state index < -0.39 is 23.9 Å². The molecule has 0 bridgehead atoms. The first-order valence-corrected chi connectivity index (χ1v) is 12.8. The van der Waals surface area contributed by atoms with E-state index in [4.69, 9.17) is 14.2 Å². The van der Waals surface area contributed by atoms with Crippen molar-refractivity contribution in [2.75, 3.05) is 46.0 Å². The predicted octanol–water partition coefficient (Wildman–Crippen LogP) is 3.83. The molecule has 0 N–H and O–H groups in total. The Hall–Kier alpha value is -2.16. The minimum atomic E-state index is -0.490. The number of rotatable bonds is 16. The predicted molar refractivity (Wildman–Crippen MR) is 134 cm³/mol. The molecule has 0 aliphatic carbocycles. The number of hydrogen-bond donors (Lipinski definition) is 0. The third kappa shape index (κ3) is 19.3. The van der Waals surface area contributed by atoms with Gasteiger partial charge in [-0.3, -0.25) is 24.1 Å². The maximum absolute atomic E-state index is 12.7. The van der Waals surface area contributed by atoms with Gasteiger partial charge in [-0.15, -0.1) is 0 Å². The number of unbranched alkanes of at least 4 members (excludes halogenated alkanes) is 2. The van der Waals surface area contributed by atoms with Gasteiger partial charge in [-0.25, -0.2) is 0 Å². The molecular weight excluding hydrogens is 440 g/mol. The van der Waals surface area contributed by atoms with Gasteiger partial charge in [0.1, 0.15) is 6.54 Å². The molecule has 9 heteroatoms. The number of hydrogen-bond acceptors (Lipinski definition) is 8. The first kappa shape index (κ1) is 36.4. The topological polar surface area (TPSA) is 102 Å². The quantitative estimate of drug-likeness (QED) is 0.183. The lowest BCUT2D eigenvalue weighted by Gasteiger charge is -2.32. The molecule has 1 unspecified atom stereocenters. The average molecular weight is 491 g/mol. The van der Waals surface area contributed by atoms with Crippen LogP contribution in [0.3, 0.4) is 0 Å². The van der Waals surface area contributed by atoms with Gasteiger partial charge < -0.3 is 19.1 Å². The summed E-state index contributed by atoms with van der Waals surface area (Å²) in [6, 6.07) is -0.424. The van der Waals surface area contributed by atoms with Gasteiger partial charge in [0.2, 0.25) is 5.91 Å². The van der Waals surface area contributed by atoms with Crippen LogP contribution in [0.15, 0.2) is 0 Å². The third-order valence-corrected chi connectivity index (χ3v) is 4.29. The van der Waals surface area contributed by atoms with E-state index >= 15 is 0 Å². The summed E-state index contributed by atoms with van der Waals surface area (Å²) in [4.78, 5) is 51.7. The van der Waals surface area contributed by atoms with Crippen LogP contribution in [0.1, 0.15) is 88.0 Å². The van der Waals surface area contributed by atoms with Crippen molar-refractivity contribution in [1.82, 2.24) is 9.80 Å². The molecule has 0 saturated carbocycles. The molecule has 34 heavy (non-hydrogen) atoms. The smallest absolute Gasteiger partial charge is 0.325 e. The second kappa shape index (κ2) is 25.5. The van der Waals surface area contributed by atoms with E-state index in [1.807, 2.05) is 34.6 Å². The van der Waals surface area contributed by atoms with Gasteiger partial charge in [0.15, 0.2) is 0 Å². The minimum Gasteiger partial charge on any atom is -0.465 e. The highest BCUT2D eigenvalue weighted by atomic mass is 16.5. The van der Waals surface area contributed by atoms with E-state index in [1.165, 1.54) is 4.90 Å². The Kier molecular flexibility index (Phi) is 27.3.